The maximum Gasteiger partial charge on any atom is 0.306 e. The third kappa shape index (κ3) is 5.06. The summed E-state index contributed by atoms with van der Waals surface area (Å²) in [4.78, 5) is 22.5. The fourth-order valence-electron chi connectivity index (χ4n) is 1.98. The van der Waals surface area contributed by atoms with Crippen molar-refractivity contribution in [2.24, 2.45) is 5.41 Å². The van der Waals surface area contributed by atoms with Gasteiger partial charge in [0, 0.05) is 0 Å². The van der Waals surface area contributed by atoms with Crippen LogP contribution in [0.15, 0.2) is 0 Å². The Morgan fingerprint density at radius 2 is 1.55 bits per heavy atom. The summed E-state index contributed by atoms with van der Waals surface area (Å²) in [5.74, 6) is -0.851. The standard InChI is InChI=1S/C16H32O4/c1-8-11-16(10-3,12-13(17)18)20-19-15(6,7)14(4,5)9-2/h8-12H2,1-7H3,(H,17,18). The van der Waals surface area contributed by atoms with Gasteiger partial charge in [-0.25, -0.2) is 9.78 Å². The van der Waals surface area contributed by atoms with E-state index >= 15 is 0 Å². The normalized spacial score (nSPS) is 15.9. The molecular weight excluding hydrogens is 256 g/mol. The number of hydrogen-bond donors (Lipinski definition) is 1. The molecule has 0 aromatic carbocycles. The lowest BCUT2D eigenvalue weighted by Gasteiger charge is -2.42. The van der Waals surface area contributed by atoms with Crippen molar-refractivity contribution in [2.45, 2.75) is 91.8 Å². The van der Waals surface area contributed by atoms with Crippen molar-refractivity contribution < 1.29 is 19.7 Å². The second kappa shape index (κ2) is 7.41. The number of carboxylic acids is 1. The quantitative estimate of drug-likeness (QED) is 0.472. The maximum atomic E-state index is 11.1. The van der Waals surface area contributed by atoms with E-state index in [0.717, 1.165) is 12.8 Å². The first-order valence-corrected chi connectivity index (χ1v) is 7.64. The lowest BCUT2D eigenvalue weighted by Crippen LogP contribution is -2.45. The van der Waals surface area contributed by atoms with E-state index in [9.17, 15) is 4.79 Å². The fraction of sp³-hybridized carbons (Fsp3) is 0.938. The molecule has 120 valence electrons. The molecule has 0 aliphatic rings. The van der Waals surface area contributed by atoms with Crippen molar-refractivity contribution >= 4 is 5.97 Å². The second-order valence-corrected chi connectivity index (χ2v) is 6.77. The van der Waals surface area contributed by atoms with E-state index in [1.165, 1.54) is 0 Å². The highest BCUT2D eigenvalue weighted by Crippen LogP contribution is 2.39. The molecule has 0 saturated carbocycles. The molecule has 0 aromatic heterocycles. The van der Waals surface area contributed by atoms with Crippen LogP contribution in [-0.4, -0.2) is 22.3 Å². The highest BCUT2D eigenvalue weighted by molar-refractivity contribution is 5.68. The summed E-state index contributed by atoms with van der Waals surface area (Å²) in [5, 5.41) is 9.11. The second-order valence-electron chi connectivity index (χ2n) is 6.77. The highest BCUT2D eigenvalue weighted by Gasteiger charge is 2.41. The van der Waals surface area contributed by atoms with E-state index in [-0.39, 0.29) is 11.8 Å². The van der Waals surface area contributed by atoms with Gasteiger partial charge in [0.15, 0.2) is 0 Å². The zero-order valence-corrected chi connectivity index (χ0v) is 14.2. The molecule has 0 spiro atoms. The van der Waals surface area contributed by atoms with Gasteiger partial charge >= 0.3 is 5.97 Å². The summed E-state index contributed by atoms with van der Waals surface area (Å²) in [6, 6.07) is 0. The van der Waals surface area contributed by atoms with Gasteiger partial charge in [-0.2, -0.15) is 0 Å². The summed E-state index contributed by atoms with van der Waals surface area (Å²) in [6.45, 7) is 14.3. The van der Waals surface area contributed by atoms with Crippen LogP contribution in [0.4, 0.5) is 0 Å². The van der Waals surface area contributed by atoms with E-state index in [1.807, 2.05) is 27.7 Å². The Balaban J connectivity index is 4.96. The van der Waals surface area contributed by atoms with Crippen LogP contribution in [0.2, 0.25) is 0 Å². The number of carboxylic acid groups (broad SMARTS) is 1. The van der Waals surface area contributed by atoms with Crippen LogP contribution in [0.3, 0.4) is 0 Å². The molecule has 0 radical (unpaired) electrons. The Morgan fingerprint density at radius 1 is 1.00 bits per heavy atom. The zero-order chi connectivity index (χ0) is 16.0. The van der Waals surface area contributed by atoms with Crippen LogP contribution in [0.5, 0.6) is 0 Å². The molecule has 0 aliphatic carbocycles. The molecule has 0 aliphatic heterocycles. The van der Waals surface area contributed by atoms with Crippen molar-refractivity contribution in [3.05, 3.63) is 0 Å². The van der Waals surface area contributed by atoms with Gasteiger partial charge in [-0.3, -0.25) is 4.79 Å². The van der Waals surface area contributed by atoms with Crippen LogP contribution >= 0.6 is 0 Å². The molecule has 0 aromatic rings. The first-order valence-electron chi connectivity index (χ1n) is 7.64. The fourth-order valence-corrected chi connectivity index (χ4v) is 1.98. The summed E-state index contributed by atoms with van der Waals surface area (Å²) in [7, 11) is 0. The van der Waals surface area contributed by atoms with Crippen molar-refractivity contribution in [1.29, 1.82) is 0 Å². The molecule has 20 heavy (non-hydrogen) atoms. The largest absolute Gasteiger partial charge is 0.481 e. The Hall–Kier alpha value is -0.610. The number of carbonyl (C=O) groups is 1. The third-order valence-electron chi connectivity index (χ3n) is 4.76. The van der Waals surface area contributed by atoms with Gasteiger partial charge in [-0.15, -0.1) is 0 Å². The number of hydrogen-bond acceptors (Lipinski definition) is 3. The Bertz CT molecular complexity index is 310. The molecule has 1 atom stereocenters. The van der Waals surface area contributed by atoms with Gasteiger partial charge in [0.2, 0.25) is 0 Å². The molecule has 4 nitrogen and oxygen atoms in total. The van der Waals surface area contributed by atoms with Gasteiger partial charge in [0.25, 0.3) is 0 Å². The third-order valence-corrected chi connectivity index (χ3v) is 4.76. The molecule has 0 heterocycles. The van der Waals surface area contributed by atoms with Crippen molar-refractivity contribution in [1.82, 2.24) is 0 Å². The molecule has 0 amide bonds. The Labute approximate surface area is 123 Å². The van der Waals surface area contributed by atoms with Crippen LogP contribution < -0.4 is 0 Å². The summed E-state index contributed by atoms with van der Waals surface area (Å²) in [6.07, 6.45) is 3.09. The monoisotopic (exact) mass is 288 g/mol. The van der Waals surface area contributed by atoms with Gasteiger partial charge in [-0.05, 0) is 38.5 Å². The van der Waals surface area contributed by atoms with Crippen LogP contribution in [0.1, 0.15) is 80.6 Å². The van der Waals surface area contributed by atoms with Crippen molar-refractivity contribution in [3.63, 3.8) is 0 Å². The van der Waals surface area contributed by atoms with Gasteiger partial charge in [0.05, 0.1) is 6.42 Å². The van der Waals surface area contributed by atoms with Crippen LogP contribution in [-0.2, 0) is 14.6 Å². The number of aliphatic carboxylic acids is 1. The Kier molecular flexibility index (Phi) is 7.19. The molecule has 0 rings (SSSR count). The average molecular weight is 288 g/mol. The van der Waals surface area contributed by atoms with E-state index in [4.69, 9.17) is 14.9 Å². The van der Waals surface area contributed by atoms with Crippen LogP contribution in [0.25, 0.3) is 0 Å². The summed E-state index contributed by atoms with van der Waals surface area (Å²) >= 11 is 0. The van der Waals surface area contributed by atoms with E-state index in [2.05, 4.69) is 20.8 Å². The molecule has 0 fully saturated rings. The minimum absolute atomic E-state index is 0.0278. The van der Waals surface area contributed by atoms with E-state index < -0.39 is 17.2 Å². The topological polar surface area (TPSA) is 55.8 Å². The van der Waals surface area contributed by atoms with E-state index in [1.54, 1.807) is 0 Å². The lowest BCUT2D eigenvalue weighted by atomic mass is 9.75. The van der Waals surface area contributed by atoms with Gasteiger partial charge < -0.3 is 5.11 Å². The Morgan fingerprint density at radius 3 is 1.90 bits per heavy atom. The van der Waals surface area contributed by atoms with Crippen molar-refractivity contribution in [2.75, 3.05) is 0 Å². The van der Waals surface area contributed by atoms with Gasteiger partial charge in [0.1, 0.15) is 11.2 Å². The molecule has 0 bridgehead atoms. The summed E-state index contributed by atoms with van der Waals surface area (Å²) in [5.41, 5.74) is -1.27. The lowest BCUT2D eigenvalue weighted by molar-refractivity contribution is -0.425. The van der Waals surface area contributed by atoms with Crippen molar-refractivity contribution in [3.8, 4) is 0 Å². The number of rotatable bonds is 10. The zero-order valence-electron chi connectivity index (χ0n) is 14.2. The predicted octanol–water partition coefficient (Wildman–Crippen LogP) is 4.57. The highest BCUT2D eigenvalue weighted by atomic mass is 17.2. The molecule has 1 N–H and O–H groups in total. The van der Waals surface area contributed by atoms with Gasteiger partial charge in [-0.1, -0.05) is 41.0 Å². The first kappa shape index (κ1) is 19.4. The first-order chi connectivity index (χ1) is 9.06. The molecule has 1 unspecified atom stereocenters. The molecule has 0 saturated heterocycles. The average Bonchev–Trinajstić information content (AvgIpc) is 2.35. The molecular formula is C16H32O4. The minimum Gasteiger partial charge on any atom is -0.481 e. The maximum absolute atomic E-state index is 11.1. The smallest absolute Gasteiger partial charge is 0.306 e. The molecule has 4 heteroatoms. The van der Waals surface area contributed by atoms with Crippen LogP contribution in [0, 0.1) is 5.41 Å². The summed E-state index contributed by atoms with van der Waals surface area (Å²) < 4.78 is 0. The minimum atomic E-state index is -0.851. The van der Waals surface area contributed by atoms with E-state index in [0.29, 0.717) is 12.8 Å². The SMILES string of the molecule is CCCC(CC)(CC(=O)O)OOC(C)(C)C(C)(C)CC. The predicted molar refractivity (Wildman–Crippen MR) is 80.5 cm³/mol.